The van der Waals surface area contributed by atoms with Crippen LogP contribution in [0.1, 0.15) is 42.4 Å². The van der Waals surface area contributed by atoms with Gasteiger partial charge in [-0.05, 0) is 73.6 Å². The van der Waals surface area contributed by atoms with Crippen molar-refractivity contribution in [3.05, 3.63) is 82.4 Å². The molecule has 2 heterocycles. The highest BCUT2D eigenvalue weighted by Gasteiger charge is 2.22. The quantitative estimate of drug-likeness (QED) is 0.169. The van der Waals surface area contributed by atoms with Gasteiger partial charge in [-0.3, -0.25) is 0 Å². The number of sulfonamides is 1. The number of amidine groups is 1. The number of hydrogen-bond acceptors (Lipinski definition) is 6. The summed E-state index contributed by atoms with van der Waals surface area (Å²) >= 11 is 6.26. The van der Waals surface area contributed by atoms with Crippen molar-refractivity contribution in [3.8, 4) is 11.1 Å². The summed E-state index contributed by atoms with van der Waals surface area (Å²) in [6, 6.07) is 12.2. The van der Waals surface area contributed by atoms with Crippen molar-refractivity contribution < 1.29 is 12.8 Å². The van der Waals surface area contributed by atoms with Crippen molar-refractivity contribution in [3.63, 3.8) is 0 Å². The van der Waals surface area contributed by atoms with Crippen LogP contribution < -0.4 is 21.5 Å². The van der Waals surface area contributed by atoms with E-state index in [-0.39, 0.29) is 35.2 Å². The van der Waals surface area contributed by atoms with E-state index in [2.05, 4.69) is 20.1 Å². The van der Waals surface area contributed by atoms with E-state index in [4.69, 9.17) is 23.1 Å². The van der Waals surface area contributed by atoms with E-state index in [1.807, 2.05) is 37.4 Å². The Morgan fingerprint density at radius 1 is 1.17 bits per heavy atom. The Hall–Kier alpha value is -3.51. The first-order valence-corrected chi connectivity index (χ1v) is 15.6. The van der Waals surface area contributed by atoms with E-state index in [0.29, 0.717) is 5.56 Å². The molecule has 9 nitrogen and oxygen atoms in total. The van der Waals surface area contributed by atoms with Crippen LogP contribution in [0.25, 0.3) is 16.6 Å². The number of fused-ring (bicyclic) bond motifs is 1. The van der Waals surface area contributed by atoms with Crippen LogP contribution in [0.5, 0.6) is 0 Å². The molecule has 0 bridgehead atoms. The lowest BCUT2D eigenvalue weighted by atomic mass is 9.91. The van der Waals surface area contributed by atoms with Gasteiger partial charge in [-0.1, -0.05) is 23.7 Å². The highest BCUT2D eigenvalue weighted by atomic mass is 35.5. The third-order valence-corrected chi connectivity index (χ3v) is 8.32. The fourth-order valence-corrected chi connectivity index (χ4v) is 5.67. The number of halogens is 2. The Kier molecular flexibility index (Phi) is 8.32. The summed E-state index contributed by atoms with van der Waals surface area (Å²) in [5, 5.41) is 8.57. The van der Waals surface area contributed by atoms with Gasteiger partial charge >= 0.3 is 0 Å². The van der Waals surface area contributed by atoms with Crippen LogP contribution in [0.4, 0.5) is 15.8 Å². The van der Waals surface area contributed by atoms with Crippen LogP contribution in [0.3, 0.4) is 0 Å². The molecule has 0 unspecified atom stereocenters. The number of nitrogens with two attached hydrogens (primary N) is 2. The van der Waals surface area contributed by atoms with Gasteiger partial charge in [-0.2, -0.15) is 5.10 Å². The summed E-state index contributed by atoms with van der Waals surface area (Å²) in [5.74, 6) is -0.317. The average molecular weight is 598 g/mol. The van der Waals surface area contributed by atoms with Gasteiger partial charge in [0, 0.05) is 36.5 Å². The van der Waals surface area contributed by atoms with E-state index in [0.717, 1.165) is 65.4 Å². The van der Waals surface area contributed by atoms with E-state index in [9.17, 15) is 12.8 Å². The molecule has 6 N–H and O–H groups in total. The number of benzene rings is 2. The number of aromatic nitrogens is 2. The van der Waals surface area contributed by atoms with Crippen molar-refractivity contribution in [2.45, 2.75) is 51.2 Å². The highest BCUT2D eigenvalue weighted by molar-refractivity contribution is 7.88. The van der Waals surface area contributed by atoms with Crippen LogP contribution in [-0.2, 0) is 16.6 Å². The number of nitrogens with zero attached hydrogens (tertiary/aromatic N) is 3. The zero-order valence-electron chi connectivity index (χ0n) is 22.9. The normalized spacial score (nSPS) is 18.1. The number of aliphatic imine (C=N–C) groups is 1. The van der Waals surface area contributed by atoms with Gasteiger partial charge in [-0.15, -0.1) is 0 Å². The summed E-state index contributed by atoms with van der Waals surface area (Å²) in [6.07, 6.45) is 8.34. The smallest absolute Gasteiger partial charge is 0.209 e. The molecule has 0 aliphatic heterocycles. The predicted molar refractivity (Wildman–Crippen MR) is 163 cm³/mol. The van der Waals surface area contributed by atoms with Gasteiger partial charge in [0.25, 0.3) is 0 Å². The van der Waals surface area contributed by atoms with E-state index < -0.39 is 15.8 Å². The van der Waals surface area contributed by atoms with Crippen LogP contribution in [0.2, 0.25) is 5.02 Å². The third-order valence-electron chi connectivity index (χ3n) is 7.33. The molecule has 2 aromatic heterocycles. The van der Waals surface area contributed by atoms with Crippen LogP contribution in [-0.4, -0.2) is 42.2 Å². The fourth-order valence-electron chi connectivity index (χ4n) is 5.08. The molecular weight excluding hydrogens is 565 g/mol. The first-order valence-electron chi connectivity index (χ1n) is 13.3. The zero-order chi connectivity index (χ0) is 29.3. The predicted octanol–water partition coefficient (Wildman–Crippen LogP) is 4.87. The van der Waals surface area contributed by atoms with Gasteiger partial charge in [0.15, 0.2) is 0 Å². The lowest BCUT2D eigenvalue weighted by Crippen LogP contribution is -2.33. The standard InChI is InChI=1S/C29H33ClFN7O2S/c1-17-3-4-18(14-35-41(2,39)40)11-23(17)19-12-27-28(36-22-8-6-21(32)7-9-22)24(15-34-38(27)16-19)29(33)37-26-13-20(31)5-10-25(26)30/h3-5,10-13,15-16,21-22,35-36H,6-9,14,32H2,1-2H3,(H2,33,37)/t21-,22-. The lowest BCUT2D eigenvalue weighted by molar-refractivity contribution is 0.411. The Bertz CT molecular complexity index is 1730. The molecule has 216 valence electrons. The molecule has 4 aromatic rings. The summed E-state index contributed by atoms with van der Waals surface area (Å²) in [7, 11) is -3.33. The second-order valence-electron chi connectivity index (χ2n) is 10.6. The van der Waals surface area contributed by atoms with E-state index in [1.54, 1.807) is 10.7 Å². The largest absolute Gasteiger partial charge is 0.383 e. The van der Waals surface area contributed by atoms with Crippen molar-refractivity contribution >= 4 is 44.4 Å². The van der Waals surface area contributed by atoms with E-state index in [1.165, 1.54) is 18.2 Å². The first kappa shape index (κ1) is 29.0. The molecular formula is C29H33ClFN7O2S. The molecule has 0 radical (unpaired) electrons. The van der Waals surface area contributed by atoms with Crippen LogP contribution >= 0.6 is 11.6 Å². The Labute approximate surface area is 243 Å². The monoisotopic (exact) mass is 597 g/mol. The summed E-state index contributed by atoms with van der Waals surface area (Å²) in [4.78, 5) is 4.45. The molecule has 0 atom stereocenters. The number of rotatable bonds is 8. The Balaban J connectivity index is 1.59. The van der Waals surface area contributed by atoms with Gasteiger partial charge in [0.2, 0.25) is 10.0 Å². The molecule has 1 saturated carbocycles. The number of nitrogens with one attached hydrogen (secondary N) is 2. The summed E-state index contributed by atoms with van der Waals surface area (Å²) in [6.45, 7) is 2.19. The van der Waals surface area contributed by atoms with E-state index >= 15 is 0 Å². The van der Waals surface area contributed by atoms with Crippen LogP contribution in [0, 0.1) is 12.7 Å². The minimum Gasteiger partial charge on any atom is -0.383 e. The SMILES string of the molecule is Cc1ccc(CNS(C)(=O)=O)cc1-c1cc2c(N[C@H]3CC[C@H](N)CC3)c(/C(N)=N/c3cc(F)ccc3Cl)cnn2c1. The van der Waals surface area contributed by atoms with Gasteiger partial charge < -0.3 is 16.8 Å². The third kappa shape index (κ3) is 6.87. The second kappa shape index (κ2) is 11.8. The van der Waals surface area contributed by atoms with Gasteiger partial charge in [-0.25, -0.2) is 27.0 Å². The van der Waals surface area contributed by atoms with Crippen molar-refractivity contribution in [1.29, 1.82) is 0 Å². The molecule has 12 heteroatoms. The van der Waals surface area contributed by atoms with Crippen molar-refractivity contribution in [2.24, 2.45) is 16.5 Å². The molecule has 2 aromatic carbocycles. The molecule has 1 aliphatic carbocycles. The highest BCUT2D eigenvalue weighted by Crippen LogP contribution is 2.33. The molecule has 0 amide bonds. The zero-order valence-corrected chi connectivity index (χ0v) is 24.4. The fraction of sp³-hybridized carbons (Fsp3) is 0.310. The number of hydrogen-bond donors (Lipinski definition) is 4. The summed E-state index contributed by atoms with van der Waals surface area (Å²) in [5.41, 5.74) is 18.7. The minimum absolute atomic E-state index is 0.148. The first-order chi connectivity index (χ1) is 19.5. The Morgan fingerprint density at radius 3 is 2.66 bits per heavy atom. The summed E-state index contributed by atoms with van der Waals surface area (Å²) < 4.78 is 41.5. The maximum Gasteiger partial charge on any atom is 0.209 e. The topological polar surface area (TPSA) is 140 Å². The molecule has 1 aliphatic rings. The van der Waals surface area contributed by atoms with Crippen molar-refractivity contribution in [1.82, 2.24) is 14.3 Å². The second-order valence-corrected chi connectivity index (χ2v) is 12.8. The average Bonchev–Trinajstić information content (AvgIpc) is 3.36. The van der Waals surface area contributed by atoms with Crippen molar-refractivity contribution in [2.75, 3.05) is 11.6 Å². The molecule has 41 heavy (non-hydrogen) atoms. The van der Waals surface area contributed by atoms with Gasteiger partial charge in [0.1, 0.15) is 11.7 Å². The maximum absolute atomic E-state index is 13.9. The molecule has 1 fully saturated rings. The molecule has 5 rings (SSSR count). The molecule has 0 spiro atoms. The van der Waals surface area contributed by atoms with Gasteiger partial charge in [0.05, 0.1) is 39.9 Å². The number of anilines is 1. The minimum atomic E-state index is -3.33. The number of aryl methyl sites for hydroxylation is 1. The maximum atomic E-state index is 13.9. The molecule has 0 saturated heterocycles. The lowest BCUT2D eigenvalue weighted by Gasteiger charge is -2.28. The van der Waals surface area contributed by atoms with Crippen LogP contribution in [0.15, 0.2) is 59.9 Å². The Morgan fingerprint density at radius 2 is 1.93 bits per heavy atom.